The lowest BCUT2D eigenvalue weighted by molar-refractivity contribution is -0.113. The third-order valence-electron chi connectivity index (χ3n) is 3.68. The summed E-state index contributed by atoms with van der Waals surface area (Å²) in [5, 5.41) is 3.66. The fraction of sp³-hybridized carbons (Fsp3) is 0.444. The minimum atomic E-state index is -0.445. The van der Waals surface area contributed by atoms with Crippen LogP contribution in [0.2, 0.25) is 0 Å². The molecule has 0 unspecified atom stereocenters. The number of nitrogens with one attached hydrogen (secondary N) is 2. The normalized spacial score (nSPS) is 10.7. The number of ether oxygens (including phenoxy) is 1. The molecule has 0 saturated carbocycles. The van der Waals surface area contributed by atoms with Crippen molar-refractivity contribution in [2.75, 3.05) is 23.4 Å². The Hall–Kier alpha value is -1.78. The molecule has 0 spiro atoms. The zero-order chi connectivity index (χ0) is 20.7. The highest BCUT2D eigenvalue weighted by Crippen LogP contribution is 2.33. The maximum absolute atomic E-state index is 12.4. The highest BCUT2D eigenvalue weighted by molar-refractivity contribution is 7.99. The quantitative estimate of drug-likeness (QED) is 0.348. The van der Waals surface area contributed by atoms with E-state index in [1.54, 1.807) is 18.7 Å². The van der Waals surface area contributed by atoms with E-state index in [2.05, 4.69) is 15.3 Å². The first-order valence-corrected chi connectivity index (χ1v) is 11.7. The highest BCUT2D eigenvalue weighted by Gasteiger charge is 2.22. The molecule has 1 amide bonds. The van der Waals surface area contributed by atoms with Crippen molar-refractivity contribution in [3.05, 3.63) is 38.1 Å². The number of carbonyl (C=O) groups is 2. The fourth-order valence-electron chi connectivity index (χ4n) is 2.29. The van der Waals surface area contributed by atoms with Crippen molar-refractivity contribution in [3.8, 4) is 0 Å². The first kappa shape index (κ1) is 22.5. The average Bonchev–Trinajstić information content (AvgIpc) is 2.91. The Bertz CT molecular complexity index is 908. The summed E-state index contributed by atoms with van der Waals surface area (Å²) in [5.41, 5.74) is 1.65. The van der Waals surface area contributed by atoms with Gasteiger partial charge in [0.2, 0.25) is 5.91 Å². The van der Waals surface area contributed by atoms with Gasteiger partial charge in [0.1, 0.15) is 5.00 Å². The molecule has 0 aliphatic carbocycles. The molecule has 0 saturated heterocycles. The molecule has 2 aromatic rings. The summed E-state index contributed by atoms with van der Waals surface area (Å²) in [4.78, 5) is 44.3. The number of anilines is 1. The molecule has 2 rings (SSSR count). The van der Waals surface area contributed by atoms with E-state index >= 15 is 0 Å². The first-order valence-electron chi connectivity index (χ1n) is 8.73. The van der Waals surface area contributed by atoms with Gasteiger partial charge < -0.3 is 15.0 Å². The van der Waals surface area contributed by atoms with Crippen molar-refractivity contribution in [1.82, 2.24) is 9.97 Å². The van der Waals surface area contributed by atoms with Gasteiger partial charge in [0.15, 0.2) is 5.16 Å². The standard InChI is InChI=1S/C18H23N3O4S3/c1-5-25-17(24)15-10(3)11(4)28-16(15)20-14(23)9-27-18-19-12(8-26-6-2)7-13(22)21-18/h7H,5-6,8-9H2,1-4H3,(H,20,23)(H,19,21,22). The van der Waals surface area contributed by atoms with Crippen molar-refractivity contribution >= 4 is 51.7 Å². The summed E-state index contributed by atoms with van der Waals surface area (Å²) in [7, 11) is 0. The Morgan fingerprint density at radius 1 is 1.32 bits per heavy atom. The number of hydrogen-bond acceptors (Lipinski definition) is 8. The number of H-pyrrole nitrogens is 1. The molecular weight excluding hydrogens is 418 g/mol. The van der Waals surface area contributed by atoms with Crippen molar-refractivity contribution in [2.24, 2.45) is 0 Å². The van der Waals surface area contributed by atoms with Crippen LogP contribution in [0.1, 0.15) is 40.3 Å². The summed E-state index contributed by atoms with van der Waals surface area (Å²) in [6.07, 6.45) is 0. The number of hydrogen-bond donors (Lipinski definition) is 2. The van der Waals surface area contributed by atoms with Crippen LogP contribution in [-0.2, 0) is 15.3 Å². The molecule has 0 bridgehead atoms. The molecule has 2 N–H and O–H groups in total. The minimum absolute atomic E-state index is 0.0611. The lowest BCUT2D eigenvalue weighted by Gasteiger charge is -2.07. The number of nitrogens with zero attached hydrogens (tertiary/aromatic N) is 1. The van der Waals surface area contributed by atoms with Gasteiger partial charge in [-0.2, -0.15) is 11.8 Å². The van der Waals surface area contributed by atoms with Gasteiger partial charge >= 0.3 is 5.97 Å². The van der Waals surface area contributed by atoms with E-state index in [0.29, 0.717) is 27.2 Å². The predicted molar refractivity (Wildman–Crippen MR) is 116 cm³/mol. The number of thiophene rings is 1. The Kier molecular flexibility index (Phi) is 8.58. The molecule has 0 aliphatic heterocycles. The Morgan fingerprint density at radius 3 is 2.75 bits per heavy atom. The second kappa shape index (κ2) is 10.7. The van der Waals surface area contributed by atoms with Gasteiger partial charge in [-0.3, -0.25) is 9.59 Å². The average molecular weight is 442 g/mol. The molecule has 10 heteroatoms. The van der Waals surface area contributed by atoms with E-state index in [0.717, 1.165) is 28.0 Å². The van der Waals surface area contributed by atoms with E-state index < -0.39 is 5.97 Å². The molecule has 7 nitrogen and oxygen atoms in total. The van der Waals surface area contributed by atoms with E-state index in [4.69, 9.17) is 4.74 Å². The van der Waals surface area contributed by atoms with Crippen molar-refractivity contribution in [3.63, 3.8) is 0 Å². The fourth-order valence-corrected chi connectivity index (χ4v) is 4.61. The molecule has 0 atom stereocenters. The van der Waals surface area contributed by atoms with Crippen LogP contribution in [0.25, 0.3) is 0 Å². The molecule has 0 aliphatic rings. The number of esters is 1. The SMILES string of the molecule is CCOC(=O)c1c(NC(=O)CSc2nc(CSCC)cc(=O)[nH]2)sc(C)c1C. The van der Waals surface area contributed by atoms with Gasteiger partial charge in [-0.05, 0) is 32.1 Å². The van der Waals surface area contributed by atoms with Gasteiger partial charge in [0.05, 0.1) is 23.6 Å². The van der Waals surface area contributed by atoms with E-state index in [-0.39, 0.29) is 23.8 Å². The minimum Gasteiger partial charge on any atom is -0.462 e. The summed E-state index contributed by atoms with van der Waals surface area (Å²) >= 11 is 4.16. The third-order valence-corrected chi connectivity index (χ3v) is 6.59. The number of carbonyl (C=O) groups excluding carboxylic acids is 2. The molecule has 0 fully saturated rings. The van der Waals surface area contributed by atoms with Crippen LogP contribution >= 0.6 is 34.9 Å². The van der Waals surface area contributed by atoms with Crippen LogP contribution in [-0.4, -0.2) is 40.0 Å². The molecule has 2 aromatic heterocycles. The smallest absolute Gasteiger partial charge is 0.341 e. The van der Waals surface area contributed by atoms with Crippen LogP contribution in [0.3, 0.4) is 0 Å². The maximum Gasteiger partial charge on any atom is 0.341 e. The van der Waals surface area contributed by atoms with Crippen molar-refractivity contribution < 1.29 is 14.3 Å². The Morgan fingerprint density at radius 2 is 2.07 bits per heavy atom. The van der Waals surface area contributed by atoms with Gasteiger partial charge in [-0.15, -0.1) is 11.3 Å². The second-order valence-electron chi connectivity index (χ2n) is 5.72. The predicted octanol–water partition coefficient (Wildman–Crippen LogP) is 3.61. The zero-order valence-corrected chi connectivity index (χ0v) is 18.7. The molecule has 28 heavy (non-hydrogen) atoms. The van der Waals surface area contributed by atoms with E-state index in [1.807, 2.05) is 20.8 Å². The monoisotopic (exact) mass is 441 g/mol. The molecule has 152 valence electrons. The van der Waals surface area contributed by atoms with Crippen molar-refractivity contribution in [2.45, 2.75) is 38.6 Å². The van der Waals surface area contributed by atoms with Crippen LogP contribution < -0.4 is 10.9 Å². The molecule has 2 heterocycles. The zero-order valence-electron chi connectivity index (χ0n) is 16.2. The summed E-state index contributed by atoms with van der Waals surface area (Å²) in [5.74, 6) is 0.914. The lowest BCUT2D eigenvalue weighted by atomic mass is 10.1. The number of aryl methyl sites for hydroxylation is 1. The maximum atomic E-state index is 12.4. The third kappa shape index (κ3) is 6.11. The Labute approximate surface area is 176 Å². The molecular formula is C18H23N3O4S3. The topological polar surface area (TPSA) is 101 Å². The van der Waals surface area contributed by atoms with Crippen molar-refractivity contribution in [1.29, 1.82) is 0 Å². The Balaban J connectivity index is 2.06. The van der Waals surface area contributed by atoms with Crippen LogP contribution in [0, 0.1) is 13.8 Å². The van der Waals surface area contributed by atoms with Crippen LogP contribution in [0.15, 0.2) is 16.0 Å². The van der Waals surface area contributed by atoms with E-state index in [9.17, 15) is 14.4 Å². The summed E-state index contributed by atoms with van der Waals surface area (Å²) < 4.78 is 5.09. The van der Waals surface area contributed by atoms with Crippen LogP contribution in [0.4, 0.5) is 5.00 Å². The number of thioether (sulfide) groups is 2. The van der Waals surface area contributed by atoms with Gasteiger partial charge in [0, 0.05) is 16.7 Å². The van der Waals surface area contributed by atoms with Gasteiger partial charge in [-0.25, -0.2) is 9.78 Å². The largest absolute Gasteiger partial charge is 0.462 e. The van der Waals surface area contributed by atoms with Gasteiger partial charge in [-0.1, -0.05) is 18.7 Å². The number of rotatable bonds is 9. The van der Waals surface area contributed by atoms with Gasteiger partial charge in [0.25, 0.3) is 5.56 Å². The molecule has 0 aromatic carbocycles. The number of amides is 1. The first-order chi connectivity index (χ1) is 13.3. The summed E-state index contributed by atoms with van der Waals surface area (Å²) in [6.45, 7) is 7.76. The molecule has 0 radical (unpaired) electrons. The van der Waals surface area contributed by atoms with E-state index in [1.165, 1.54) is 17.4 Å². The summed E-state index contributed by atoms with van der Waals surface area (Å²) in [6, 6.07) is 1.47. The number of aromatic nitrogens is 2. The van der Waals surface area contributed by atoms with Crippen LogP contribution in [0.5, 0.6) is 0 Å². The lowest BCUT2D eigenvalue weighted by Crippen LogP contribution is -2.17. The highest BCUT2D eigenvalue weighted by atomic mass is 32.2. The second-order valence-corrected chi connectivity index (χ2v) is 9.19. The number of aromatic amines is 1.